The Morgan fingerprint density at radius 1 is 1.40 bits per heavy atom. The van der Waals surface area contributed by atoms with E-state index in [-0.39, 0.29) is 12.7 Å². The topological polar surface area (TPSA) is 62.9 Å². The second-order valence-corrected chi connectivity index (χ2v) is 5.65. The zero-order valence-corrected chi connectivity index (χ0v) is 11.6. The third-order valence-corrected chi connectivity index (χ3v) is 4.38. The van der Waals surface area contributed by atoms with Gasteiger partial charge in [0, 0.05) is 31.1 Å². The van der Waals surface area contributed by atoms with E-state index in [1.807, 2.05) is 0 Å². The molecule has 1 atom stereocenters. The van der Waals surface area contributed by atoms with E-state index in [0.29, 0.717) is 6.04 Å². The highest BCUT2D eigenvalue weighted by atomic mass is 16.5. The van der Waals surface area contributed by atoms with Crippen LogP contribution in [-0.2, 0) is 16.0 Å². The third-order valence-electron chi connectivity index (χ3n) is 4.38. The molecule has 3 rings (SSSR count). The highest BCUT2D eigenvalue weighted by Gasteiger charge is 2.30. The van der Waals surface area contributed by atoms with Crippen LogP contribution in [-0.4, -0.2) is 41.8 Å². The number of nitrogens with zero attached hydrogens (tertiary/aromatic N) is 1. The Morgan fingerprint density at radius 2 is 2.20 bits per heavy atom. The first kappa shape index (κ1) is 13.6. The van der Waals surface area contributed by atoms with E-state index < -0.39 is 5.97 Å². The van der Waals surface area contributed by atoms with E-state index in [1.165, 1.54) is 18.4 Å². The summed E-state index contributed by atoms with van der Waals surface area (Å²) in [6, 6.07) is 2.57. The molecule has 1 aromatic rings. The van der Waals surface area contributed by atoms with E-state index in [1.54, 1.807) is 6.26 Å². The molecule has 0 aromatic carbocycles. The molecule has 0 radical (unpaired) electrons. The van der Waals surface area contributed by atoms with Crippen molar-refractivity contribution in [3.8, 4) is 0 Å². The number of carboxylic acids is 1. The van der Waals surface area contributed by atoms with Gasteiger partial charge in [-0.3, -0.25) is 4.90 Å². The molecular formula is C15H21NO4. The van der Waals surface area contributed by atoms with Crippen molar-refractivity contribution in [3.05, 3.63) is 23.7 Å². The van der Waals surface area contributed by atoms with Gasteiger partial charge < -0.3 is 14.3 Å². The van der Waals surface area contributed by atoms with Crippen molar-refractivity contribution in [1.29, 1.82) is 0 Å². The molecule has 5 heteroatoms. The largest absolute Gasteiger partial charge is 0.480 e. The van der Waals surface area contributed by atoms with E-state index in [9.17, 15) is 4.79 Å². The molecule has 1 aliphatic heterocycles. The SMILES string of the molecule is O=C(O)COC1CCN(C2CCCc3occc32)CC1. The lowest BCUT2D eigenvalue weighted by atomic mass is 9.90. The lowest BCUT2D eigenvalue weighted by molar-refractivity contribution is -0.145. The predicted octanol–water partition coefficient (Wildman–Crippen LogP) is 2.22. The maximum absolute atomic E-state index is 10.5. The average Bonchev–Trinajstić information content (AvgIpc) is 2.94. The van der Waals surface area contributed by atoms with Gasteiger partial charge in [0.1, 0.15) is 12.4 Å². The summed E-state index contributed by atoms with van der Waals surface area (Å²) in [5.41, 5.74) is 1.35. The van der Waals surface area contributed by atoms with Crippen LogP contribution in [0.4, 0.5) is 0 Å². The van der Waals surface area contributed by atoms with E-state index in [2.05, 4.69) is 11.0 Å². The molecule has 0 spiro atoms. The normalized spacial score (nSPS) is 24.5. The number of ether oxygens (including phenoxy) is 1. The van der Waals surface area contributed by atoms with Gasteiger partial charge in [-0.25, -0.2) is 4.79 Å². The summed E-state index contributed by atoms with van der Waals surface area (Å²) < 4.78 is 10.9. The highest BCUT2D eigenvalue weighted by Crippen LogP contribution is 2.36. The fraction of sp³-hybridized carbons (Fsp3) is 0.667. The Bertz CT molecular complexity index is 462. The monoisotopic (exact) mass is 279 g/mol. The van der Waals surface area contributed by atoms with Gasteiger partial charge in [-0.05, 0) is 31.7 Å². The van der Waals surface area contributed by atoms with Crippen LogP contribution in [0, 0.1) is 0 Å². The fourth-order valence-corrected chi connectivity index (χ4v) is 3.38. The number of likely N-dealkylation sites (tertiary alicyclic amines) is 1. The van der Waals surface area contributed by atoms with Crippen molar-refractivity contribution in [3.63, 3.8) is 0 Å². The van der Waals surface area contributed by atoms with Crippen LogP contribution in [0.25, 0.3) is 0 Å². The Labute approximate surface area is 118 Å². The zero-order valence-electron chi connectivity index (χ0n) is 11.6. The minimum absolute atomic E-state index is 0.0924. The van der Waals surface area contributed by atoms with E-state index in [4.69, 9.17) is 14.3 Å². The van der Waals surface area contributed by atoms with Gasteiger partial charge in [0.25, 0.3) is 0 Å². The first-order valence-electron chi connectivity index (χ1n) is 7.38. The molecule has 0 bridgehead atoms. The number of hydrogen-bond acceptors (Lipinski definition) is 4. The van der Waals surface area contributed by atoms with Crippen LogP contribution in [0.15, 0.2) is 16.7 Å². The lowest BCUT2D eigenvalue weighted by Crippen LogP contribution is -2.40. The lowest BCUT2D eigenvalue weighted by Gasteiger charge is -2.38. The van der Waals surface area contributed by atoms with E-state index in [0.717, 1.165) is 38.1 Å². The molecule has 1 aliphatic carbocycles. The first-order valence-corrected chi connectivity index (χ1v) is 7.38. The number of carbonyl (C=O) groups is 1. The van der Waals surface area contributed by atoms with Gasteiger partial charge in [0.2, 0.25) is 0 Å². The van der Waals surface area contributed by atoms with Gasteiger partial charge in [0.05, 0.1) is 12.4 Å². The Kier molecular flexibility index (Phi) is 4.08. The predicted molar refractivity (Wildman–Crippen MR) is 72.6 cm³/mol. The van der Waals surface area contributed by atoms with Crippen molar-refractivity contribution < 1.29 is 19.1 Å². The Hall–Kier alpha value is -1.33. The molecular weight excluding hydrogens is 258 g/mol. The summed E-state index contributed by atoms with van der Waals surface area (Å²) in [4.78, 5) is 13.0. The Balaban J connectivity index is 1.55. The summed E-state index contributed by atoms with van der Waals surface area (Å²) in [6.07, 6.45) is 7.14. The van der Waals surface area contributed by atoms with E-state index >= 15 is 0 Å². The number of furan rings is 1. The van der Waals surface area contributed by atoms with Gasteiger partial charge in [-0.15, -0.1) is 0 Å². The Morgan fingerprint density at radius 3 is 2.95 bits per heavy atom. The van der Waals surface area contributed by atoms with Gasteiger partial charge in [-0.2, -0.15) is 0 Å². The molecule has 1 unspecified atom stereocenters. The second kappa shape index (κ2) is 5.97. The van der Waals surface area contributed by atoms with Crippen LogP contribution in [0.3, 0.4) is 0 Å². The summed E-state index contributed by atoms with van der Waals surface area (Å²) in [5, 5.41) is 8.64. The summed E-state index contributed by atoms with van der Waals surface area (Å²) in [7, 11) is 0. The molecule has 1 N–H and O–H groups in total. The van der Waals surface area contributed by atoms with Crippen LogP contribution in [0.1, 0.15) is 43.0 Å². The van der Waals surface area contributed by atoms with Crippen molar-refractivity contribution in [1.82, 2.24) is 4.90 Å². The molecule has 1 aromatic heterocycles. The minimum atomic E-state index is -0.886. The maximum atomic E-state index is 10.5. The minimum Gasteiger partial charge on any atom is -0.480 e. The quantitative estimate of drug-likeness (QED) is 0.915. The number of carboxylic acid groups (broad SMARTS) is 1. The maximum Gasteiger partial charge on any atom is 0.329 e. The number of fused-ring (bicyclic) bond motifs is 1. The number of piperidine rings is 1. The van der Waals surface area contributed by atoms with Gasteiger partial charge in [0.15, 0.2) is 0 Å². The molecule has 110 valence electrons. The molecule has 1 fully saturated rings. The number of rotatable bonds is 4. The number of aryl methyl sites for hydroxylation is 1. The van der Waals surface area contributed by atoms with Crippen LogP contribution in [0.2, 0.25) is 0 Å². The summed E-state index contributed by atoms with van der Waals surface area (Å²) in [5.74, 6) is 0.258. The molecule has 2 heterocycles. The number of aliphatic carboxylic acids is 1. The first-order chi connectivity index (χ1) is 9.74. The molecule has 1 saturated heterocycles. The van der Waals surface area contributed by atoms with Crippen LogP contribution < -0.4 is 0 Å². The van der Waals surface area contributed by atoms with Crippen LogP contribution >= 0.6 is 0 Å². The van der Waals surface area contributed by atoms with Crippen molar-refractivity contribution in [2.45, 2.75) is 44.2 Å². The standard InChI is InChI=1S/C15H21NO4/c17-15(18)10-20-11-4-7-16(8-5-11)13-2-1-3-14-12(13)6-9-19-14/h6,9,11,13H,1-5,7-8,10H2,(H,17,18). The van der Waals surface area contributed by atoms with Crippen molar-refractivity contribution >= 4 is 5.97 Å². The van der Waals surface area contributed by atoms with Gasteiger partial charge >= 0.3 is 5.97 Å². The van der Waals surface area contributed by atoms with Crippen molar-refractivity contribution in [2.24, 2.45) is 0 Å². The summed E-state index contributed by atoms with van der Waals surface area (Å²) >= 11 is 0. The molecule has 5 nitrogen and oxygen atoms in total. The fourth-order valence-electron chi connectivity index (χ4n) is 3.38. The second-order valence-electron chi connectivity index (χ2n) is 5.65. The highest BCUT2D eigenvalue weighted by molar-refractivity contribution is 5.68. The van der Waals surface area contributed by atoms with Crippen molar-refractivity contribution in [2.75, 3.05) is 19.7 Å². The number of hydrogen-bond donors (Lipinski definition) is 1. The zero-order chi connectivity index (χ0) is 13.9. The molecule has 2 aliphatic rings. The molecule has 0 amide bonds. The smallest absolute Gasteiger partial charge is 0.329 e. The molecule has 20 heavy (non-hydrogen) atoms. The third kappa shape index (κ3) is 2.88. The molecule has 0 saturated carbocycles. The van der Waals surface area contributed by atoms with Gasteiger partial charge in [-0.1, -0.05) is 0 Å². The summed E-state index contributed by atoms with van der Waals surface area (Å²) in [6.45, 7) is 1.76. The van der Waals surface area contributed by atoms with Crippen LogP contribution in [0.5, 0.6) is 0 Å². The average molecular weight is 279 g/mol.